The van der Waals surface area contributed by atoms with Gasteiger partial charge in [-0.2, -0.15) is 5.11 Å². The van der Waals surface area contributed by atoms with E-state index in [0.29, 0.717) is 17.2 Å². The molecule has 4 N–H and O–H groups in total. The number of hydrogen-bond acceptors (Lipinski definition) is 7. The number of anilines is 1. The number of hydrogen-bond donors (Lipinski definition) is 3. The fourth-order valence-electron chi connectivity index (χ4n) is 5.76. The topological polar surface area (TPSA) is 153 Å². The largest absolute Gasteiger partial charge is 0.497 e. The van der Waals surface area contributed by atoms with Crippen molar-refractivity contribution in [2.75, 3.05) is 12.4 Å². The summed E-state index contributed by atoms with van der Waals surface area (Å²) < 4.78 is 12.7. The lowest BCUT2D eigenvalue weighted by Crippen LogP contribution is -2.30. The Hall–Kier alpha value is -5.10. The molecule has 14 heteroatoms. The Balaban J connectivity index is 1.58. The third-order valence-electron chi connectivity index (χ3n) is 9.90. The number of halogens is 3. The smallest absolute Gasteiger partial charge is 0.301 e. The summed E-state index contributed by atoms with van der Waals surface area (Å²) in [6, 6.07) is 21.9. The maximum absolute atomic E-state index is 14.2. The predicted molar refractivity (Wildman–Crippen MR) is 219 cm³/mol. The molecule has 0 radical (unpaired) electrons. The number of methoxy groups -OCH3 is 1. The Morgan fingerprint density at radius 2 is 1.53 bits per heavy atom. The number of carbonyl (C=O) groups is 2. The monoisotopic (exact) mass is 804 g/mol. The number of primary amides is 1. The van der Waals surface area contributed by atoms with Gasteiger partial charge in [0.15, 0.2) is 11.5 Å². The minimum Gasteiger partial charge on any atom is -0.497 e. The SMILES string of the molecule is CCC(C)(C)c1ccc(OC(C(N)=O)c2ccccc2C(=O)Nc2[nH]n(-c3c(Cl)cc(Cl)cc3Cl)c(=O)c2N=Nc2ccc(OC)cc2)c(C(C)(C)CC)c1. The Labute approximate surface area is 334 Å². The van der Waals surface area contributed by atoms with Crippen LogP contribution in [0.5, 0.6) is 11.5 Å². The molecule has 1 heterocycles. The normalized spacial score (nSPS) is 12.5. The van der Waals surface area contributed by atoms with Crippen molar-refractivity contribution >= 4 is 63.8 Å². The lowest BCUT2D eigenvalue weighted by atomic mass is 9.76. The van der Waals surface area contributed by atoms with Crippen molar-refractivity contribution in [3.63, 3.8) is 0 Å². The molecule has 55 heavy (non-hydrogen) atoms. The van der Waals surface area contributed by atoms with Gasteiger partial charge < -0.3 is 20.5 Å². The fourth-order valence-corrected chi connectivity index (χ4v) is 6.75. The summed E-state index contributed by atoms with van der Waals surface area (Å²) in [5.41, 5.74) is 7.36. The van der Waals surface area contributed by atoms with Crippen LogP contribution >= 0.6 is 34.8 Å². The molecule has 1 aromatic heterocycles. The molecule has 4 aromatic carbocycles. The van der Waals surface area contributed by atoms with Crippen LogP contribution in [-0.2, 0) is 15.6 Å². The van der Waals surface area contributed by atoms with Crippen LogP contribution in [0.15, 0.2) is 93.9 Å². The minimum absolute atomic E-state index is 0.0561. The number of nitrogens with two attached hydrogens (primary N) is 1. The predicted octanol–water partition coefficient (Wildman–Crippen LogP) is 10.8. The highest BCUT2D eigenvalue weighted by Gasteiger charge is 2.32. The molecule has 2 amide bonds. The van der Waals surface area contributed by atoms with Crippen molar-refractivity contribution in [1.82, 2.24) is 9.78 Å². The van der Waals surface area contributed by atoms with Gasteiger partial charge in [0.2, 0.25) is 6.10 Å². The summed E-state index contributed by atoms with van der Waals surface area (Å²) in [5.74, 6) is -0.577. The molecule has 1 atom stereocenters. The van der Waals surface area contributed by atoms with Crippen molar-refractivity contribution in [2.45, 2.75) is 71.3 Å². The number of H-pyrrole nitrogens is 1. The molecule has 0 spiro atoms. The van der Waals surface area contributed by atoms with Gasteiger partial charge in [-0.15, -0.1) is 5.11 Å². The first-order valence-corrected chi connectivity index (χ1v) is 18.7. The molecule has 5 aromatic rings. The van der Waals surface area contributed by atoms with E-state index in [4.69, 9.17) is 50.0 Å². The zero-order chi connectivity index (χ0) is 40.2. The van der Waals surface area contributed by atoms with E-state index in [0.717, 1.165) is 28.7 Å². The quantitative estimate of drug-likeness (QED) is 0.0954. The summed E-state index contributed by atoms with van der Waals surface area (Å²) in [4.78, 5) is 41.3. The second-order valence-corrected chi connectivity index (χ2v) is 15.5. The highest BCUT2D eigenvalue weighted by molar-refractivity contribution is 6.40. The number of ether oxygens (including phenoxy) is 2. The van der Waals surface area contributed by atoms with Crippen LogP contribution in [0.3, 0.4) is 0 Å². The van der Waals surface area contributed by atoms with E-state index in [2.05, 4.69) is 68.3 Å². The first kappa shape index (κ1) is 41.1. The molecular weight excluding hydrogens is 763 g/mol. The van der Waals surface area contributed by atoms with Gasteiger partial charge in [-0.1, -0.05) is 107 Å². The number of rotatable bonds is 14. The molecule has 0 aliphatic carbocycles. The van der Waals surface area contributed by atoms with E-state index in [1.54, 1.807) is 42.5 Å². The van der Waals surface area contributed by atoms with Gasteiger partial charge in [-0.05, 0) is 77.8 Å². The average molecular weight is 806 g/mol. The van der Waals surface area contributed by atoms with E-state index < -0.39 is 23.5 Å². The number of carbonyl (C=O) groups excluding carboxylic acids is 2. The van der Waals surface area contributed by atoms with Gasteiger partial charge in [-0.25, -0.2) is 4.68 Å². The van der Waals surface area contributed by atoms with Crippen LogP contribution in [-0.4, -0.2) is 28.7 Å². The number of benzene rings is 4. The highest BCUT2D eigenvalue weighted by Crippen LogP contribution is 2.41. The second-order valence-electron chi connectivity index (χ2n) is 14.2. The maximum atomic E-state index is 14.2. The molecule has 1 unspecified atom stereocenters. The standard InChI is InChI=1S/C41H43Cl3N6O5/c1-8-40(3,4)23-14-19-32(29(20-23)41(5,6)9-2)55-35(36(45)51)27-12-10-11-13-28(27)38(52)46-37-33(48-47-25-15-17-26(54-7)18-16-25)39(53)50(49-37)34-30(43)21-24(42)22-31(34)44/h10-22,35,49H,8-9H2,1-7H3,(H2,45,51)(H,46,52). The molecule has 0 fully saturated rings. The maximum Gasteiger partial charge on any atom is 0.301 e. The summed E-state index contributed by atoms with van der Waals surface area (Å²) >= 11 is 19.1. The van der Waals surface area contributed by atoms with Crippen LogP contribution in [0.2, 0.25) is 15.1 Å². The third kappa shape index (κ3) is 8.91. The summed E-state index contributed by atoms with van der Waals surface area (Å²) in [7, 11) is 1.53. The third-order valence-corrected chi connectivity index (χ3v) is 10.7. The van der Waals surface area contributed by atoms with Crippen LogP contribution in [0, 0.1) is 0 Å². The minimum atomic E-state index is -1.36. The highest BCUT2D eigenvalue weighted by atomic mass is 35.5. The van der Waals surface area contributed by atoms with Crippen molar-refractivity contribution in [2.24, 2.45) is 16.0 Å². The van der Waals surface area contributed by atoms with Crippen LogP contribution in [0.1, 0.15) is 87.5 Å². The van der Waals surface area contributed by atoms with Crippen LogP contribution in [0.4, 0.5) is 17.2 Å². The Kier molecular flexibility index (Phi) is 12.5. The summed E-state index contributed by atoms with van der Waals surface area (Å²) in [6.07, 6.45) is 0.357. The molecule has 0 bridgehead atoms. The summed E-state index contributed by atoms with van der Waals surface area (Å²) in [6.45, 7) is 12.8. The van der Waals surface area contributed by atoms with Crippen molar-refractivity contribution in [1.29, 1.82) is 0 Å². The first-order chi connectivity index (χ1) is 26.0. The average Bonchev–Trinajstić information content (AvgIpc) is 3.45. The Morgan fingerprint density at radius 3 is 2.13 bits per heavy atom. The van der Waals surface area contributed by atoms with Crippen molar-refractivity contribution < 1.29 is 19.1 Å². The van der Waals surface area contributed by atoms with Gasteiger partial charge >= 0.3 is 5.56 Å². The fraction of sp³-hybridized carbons (Fsp3) is 0.293. The molecule has 0 saturated carbocycles. The van der Waals surface area contributed by atoms with Crippen molar-refractivity contribution in [3.05, 3.63) is 127 Å². The van der Waals surface area contributed by atoms with E-state index in [1.807, 2.05) is 12.1 Å². The first-order valence-electron chi connectivity index (χ1n) is 17.6. The van der Waals surface area contributed by atoms with Crippen LogP contribution in [0.25, 0.3) is 5.69 Å². The molecule has 0 aliphatic rings. The van der Waals surface area contributed by atoms with Gasteiger partial charge in [-0.3, -0.25) is 19.5 Å². The van der Waals surface area contributed by atoms with Gasteiger partial charge in [0, 0.05) is 21.7 Å². The van der Waals surface area contributed by atoms with E-state index in [9.17, 15) is 14.4 Å². The number of amides is 2. The molecular formula is C41H43Cl3N6O5. The van der Waals surface area contributed by atoms with Crippen molar-refractivity contribution in [3.8, 4) is 17.2 Å². The molecule has 288 valence electrons. The number of aromatic amines is 1. The van der Waals surface area contributed by atoms with Crippen LogP contribution < -0.4 is 26.1 Å². The molecule has 0 aliphatic heterocycles. The van der Waals surface area contributed by atoms with Gasteiger partial charge in [0.1, 0.15) is 17.2 Å². The number of nitrogens with one attached hydrogen (secondary N) is 2. The summed E-state index contributed by atoms with van der Waals surface area (Å²) in [5, 5.41) is 14.4. The number of azo groups is 1. The zero-order valence-electron chi connectivity index (χ0n) is 31.6. The lowest BCUT2D eigenvalue weighted by molar-refractivity contribution is -0.125. The van der Waals surface area contributed by atoms with E-state index in [1.165, 1.54) is 25.3 Å². The van der Waals surface area contributed by atoms with E-state index in [-0.39, 0.29) is 54.2 Å². The lowest BCUT2D eigenvalue weighted by Gasteiger charge is -2.31. The zero-order valence-corrected chi connectivity index (χ0v) is 33.9. The van der Waals surface area contributed by atoms with E-state index >= 15 is 0 Å². The second kappa shape index (κ2) is 16.7. The number of nitrogens with zero attached hydrogens (tertiary/aromatic N) is 3. The Bertz CT molecular complexity index is 2290. The Morgan fingerprint density at radius 1 is 0.891 bits per heavy atom. The molecule has 5 rings (SSSR count). The molecule has 11 nitrogen and oxygen atoms in total. The number of aromatic nitrogens is 2. The van der Waals surface area contributed by atoms with Gasteiger partial charge in [0.25, 0.3) is 11.8 Å². The molecule has 0 saturated heterocycles. The van der Waals surface area contributed by atoms with Gasteiger partial charge in [0.05, 0.1) is 22.8 Å².